The first-order chi connectivity index (χ1) is 9.75. The van der Waals surface area contributed by atoms with Crippen LogP contribution in [0.15, 0.2) is 12.1 Å². The molecule has 0 N–H and O–H groups in total. The van der Waals surface area contributed by atoms with Crippen LogP contribution in [0.3, 0.4) is 0 Å². The monoisotopic (exact) mass is 293 g/mol. The van der Waals surface area contributed by atoms with Crippen LogP contribution < -0.4 is 0 Å². The molecule has 0 aromatic carbocycles. The first kappa shape index (κ1) is 14.6. The molecule has 20 heavy (non-hydrogen) atoms. The van der Waals surface area contributed by atoms with E-state index in [1.165, 1.54) is 61.4 Å². The van der Waals surface area contributed by atoms with E-state index in [0.717, 1.165) is 6.54 Å². The van der Waals surface area contributed by atoms with Crippen LogP contribution in [0.2, 0.25) is 0 Å². The molecule has 1 aliphatic carbocycles. The minimum Gasteiger partial charge on any atom is -0.381 e. The van der Waals surface area contributed by atoms with Crippen molar-refractivity contribution in [2.24, 2.45) is 5.41 Å². The van der Waals surface area contributed by atoms with Crippen LogP contribution in [0.4, 0.5) is 0 Å². The molecular weight excluding hydrogens is 266 g/mol. The summed E-state index contributed by atoms with van der Waals surface area (Å²) in [6.07, 6.45) is 8.36. The molecular formula is C17H27NOS. The second kappa shape index (κ2) is 6.17. The lowest BCUT2D eigenvalue weighted by atomic mass is 9.76. The molecule has 2 aliphatic rings. The van der Waals surface area contributed by atoms with E-state index in [9.17, 15) is 0 Å². The van der Waals surface area contributed by atoms with Gasteiger partial charge in [-0.2, -0.15) is 0 Å². The van der Waals surface area contributed by atoms with Gasteiger partial charge in [-0.3, -0.25) is 4.90 Å². The van der Waals surface area contributed by atoms with E-state index in [4.69, 9.17) is 4.74 Å². The fourth-order valence-electron chi connectivity index (χ4n) is 4.25. The number of likely N-dealkylation sites (tertiary alicyclic amines) is 1. The zero-order valence-electron chi connectivity index (χ0n) is 12.9. The van der Waals surface area contributed by atoms with Crippen molar-refractivity contribution < 1.29 is 4.74 Å². The Morgan fingerprint density at radius 2 is 2.10 bits per heavy atom. The molecule has 1 aromatic rings. The van der Waals surface area contributed by atoms with E-state index >= 15 is 0 Å². The Bertz CT molecular complexity index is 444. The summed E-state index contributed by atoms with van der Waals surface area (Å²) < 4.78 is 5.80. The highest BCUT2D eigenvalue weighted by Gasteiger charge is 2.45. The Balaban J connectivity index is 1.66. The van der Waals surface area contributed by atoms with Gasteiger partial charge < -0.3 is 4.74 Å². The van der Waals surface area contributed by atoms with Gasteiger partial charge in [-0.05, 0) is 50.8 Å². The van der Waals surface area contributed by atoms with E-state index in [0.29, 0.717) is 11.5 Å². The molecule has 1 aliphatic heterocycles. The molecule has 0 radical (unpaired) electrons. The molecule has 2 atom stereocenters. The number of ether oxygens (including phenoxy) is 1. The van der Waals surface area contributed by atoms with Gasteiger partial charge in [0.25, 0.3) is 0 Å². The van der Waals surface area contributed by atoms with Crippen LogP contribution in [0.25, 0.3) is 0 Å². The third kappa shape index (κ3) is 2.81. The maximum Gasteiger partial charge on any atom is 0.0639 e. The predicted molar refractivity (Wildman–Crippen MR) is 85.3 cm³/mol. The van der Waals surface area contributed by atoms with Crippen LogP contribution in [0.5, 0.6) is 0 Å². The summed E-state index contributed by atoms with van der Waals surface area (Å²) in [5.74, 6) is 0. The molecule has 0 amide bonds. The SMILES string of the molecule is CCc1ccc(CN2CCC[C@]3(CCC[C@H]3OC)C2)s1. The zero-order valence-corrected chi connectivity index (χ0v) is 13.7. The summed E-state index contributed by atoms with van der Waals surface area (Å²) in [5.41, 5.74) is 0.456. The van der Waals surface area contributed by atoms with Crippen LogP contribution in [-0.4, -0.2) is 31.2 Å². The van der Waals surface area contributed by atoms with E-state index < -0.39 is 0 Å². The van der Waals surface area contributed by atoms with Crippen molar-refractivity contribution in [2.45, 2.75) is 58.1 Å². The quantitative estimate of drug-likeness (QED) is 0.829. The van der Waals surface area contributed by atoms with Crippen molar-refractivity contribution in [3.8, 4) is 0 Å². The van der Waals surface area contributed by atoms with Gasteiger partial charge in [0.05, 0.1) is 6.10 Å². The number of thiophene rings is 1. The number of aryl methyl sites for hydroxylation is 1. The summed E-state index contributed by atoms with van der Waals surface area (Å²) in [4.78, 5) is 5.72. The lowest BCUT2D eigenvalue weighted by Gasteiger charge is -2.43. The standard InChI is InChI=1S/C17H27NOS/c1-3-14-7-8-15(20-14)12-18-11-5-10-17(13-18)9-4-6-16(17)19-2/h7-8,16H,3-6,9-13H2,1-2H3/t16-,17-/m1/s1. The smallest absolute Gasteiger partial charge is 0.0639 e. The average molecular weight is 293 g/mol. The maximum atomic E-state index is 5.80. The van der Waals surface area contributed by atoms with Gasteiger partial charge in [-0.15, -0.1) is 11.3 Å². The van der Waals surface area contributed by atoms with Crippen LogP contribution >= 0.6 is 11.3 Å². The largest absolute Gasteiger partial charge is 0.381 e. The number of nitrogens with zero attached hydrogens (tertiary/aromatic N) is 1. The first-order valence-electron chi connectivity index (χ1n) is 8.08. The van der Waals surface area contributed by atoms with E-state index in [2.05, 4.69) is 24.0 Å². The van der Waals surface area contributed by atoms with E-state index in [-0.39, 0.29) is 0 Å². The van der Waals surface area contributed by atoms with Crippen molar-refractivity contribution in [2.75, 3.05) is 20.2 Å². The van der Waals surface area contributed by atoms with Gasteiger partial charge in [-0.25, -0.2) is 0 Å². The van der Waals surface area contributed by atoms with E-state index in [1.807, 2.05) is 18.4 Å². The molecule has 0 bridgehead atoms. The van der Waals surface area contributed by atoms with Gasteiger partial charge in [-0.1, -0.05) is 13.3 Å². The highest BCUT2D eigenvalue weighted by atomic mass is 32.1. The van der Waals surface area contributed by atoms with Crippen LogP contribution in [0, 0.1) is 5.41 Å². The Hall–Kier alpha value is -0.380. The molecule has 2 heterocycles. The van der Waals surface area contributed by atoms with E-state index in [1.54, 1.807) is 0 Å². The second-order valence-corrected chi connectivity index (χ2v) is 7.77. The number of hydrogen-bond acceptors (Lipinski definition) is 3. The van der Waals surface area contributed by atoms with Crippen LogP contribution in [-0.2, 0) is 17.7 Å². The molecule has 112 valence electrons. The number of rotatable bonds is 4. The summed E-state index contributed by atoms with van der Waals surface area (Å²) >= 11 is 1.99. The minimum absolute atomic E-state index is 0.456. The lowest BCUT2D eigenvalue weighted by molar-refractivity contribution is -0.0364. The van der Waals surface area contributed by atoms with Crippen molar-refractivity contribution >= 4 is 11.3 Å². The van der Waals surface area contributed by atoms with Crippen molar-refractivity contribution in [3.63, 3.8) is 0 Å². The predicted octanol–water partition coefficient (Wildman–Crippen LogP) is 4.09. The molecule has 0 unspecified atom stereocenters. The molecule has 1 spiro atoms. The molecule has 3 heteroatoms. The van der Waals surface area contributed by atoms with Gasteiger partial charge in [0.1, 0.15) is 0 Å². The van der Waals surface area contributed by atoms with Gasteiger partial charge in [0, 0.05) is 35.4 Å². The summed E-state index contributed by atoms with van der Waals surface area (Å²) in [6.45, 7) is 5.89. The number of hydrogen-bond donors (Lipinski definition) is 0. The highest BCUT2D eigenvalue weighted by molar-refractivity contribution is 7.11. The Labute approximate surface area is 127 Å². The summed E-state index contributed by atoms with van der Waals surface area (Å²) in [5, 5.41) is 0. The third-order valence-corrected chi connectivity index (χ3v) is 6.46. The Morgan fingerprint density at radius 3 is 2.85 bits per heavy atom. The molecule has 1 saturated carbocycles. The molecule has 1 saturated heterocycles. The fourth-order valence-corrected chi connectivity index (χ4v) is 5.25. The van der Waals surface area contributed by atoms with Gasteiger partial charge >= 0.3 is 0 Å². The van der Waals surface area contributed by atoms with Crippen molar-refractivity contribution in [1.82, 2.24) is 4.90 Å². The Kier molecular flexibility index (Phi) is 4.49. The fraction of sp³-hybridized carbons (Fsp3) is 0.765. The minimum atomic E-state index is 0.456. The topological polar surface area (TPSA) is 12.5 Å². The van der Waals surface area contributed by atoms with Crippen molar-refractivity contribution in [3.05, 3.63) is 21.9 Å². The van der Waals surface area contributed by atoms with Gasteiger partial charge in [0.15, 0.2) is 0 Å². The highest BCUT2D eigenvalue weighted by Crippen LogP contribution is 2.46. The summed E-state index contributed by atoms with van der Waals surface area (Å²) in [7, 11) is 1.91. The molecule has 2 fully saturated rings. The average Bonchev–Trinajstić information content (AvgIpc) is 3.06. The normalized spacial score (nSPS) is 31.2. The summed E-state index contributed by atoms with van der Waals surface area (Å²) in [6, 6.07) is 4.63. The van der Waals surface area contributed by atoms with Crippen LogP contribution in [0.1, 0.15) is 48.8 Å². The molecule has 3 rings (SSSR count). The number of methoxy groups -OCH3 is 1. The molecule has 1 aromatic heterocycles. The first-order valence-corrected chi connectivity index (χ1v) is 8.90. The molecule has 2 nitrogen and oxygen atoms in total. The Morgan fingerprint density at radius 1 is 1.30 bits per heavy atom. The van der Waals surface area contributed by atoms with Gasteiger partial charge in [0.2, 0.25) is 0 Å². The van der Waals surface area contributed by atoms with Crippen molar-refractivity contribution in [1.29, 1.82) is 0 Å². The third-order valence-electron chi connectivity index (χ3n) is 5.24. The zero-order chi connectivity index (χ0) is 14.0. The lowest BCUT2D eigenvalue weighted by Crippen LogP contribution is -2.47. The maximum absolute atomic E-state index is 5.80. The number of piperidine rings is 1. The second-order valence-electron chi connectivity index (χ2n) is 6.51.